The Hall–Kier alpha value is -1.32. The smallest absolute Gasteiger partial charge is 0.218 e. The summed E-state index contributed by atoms with van der Waals surface area (Å²) in [5, 5.41) is 3.25. The molecule has 0 radical (unpaired) electrons. The summed E-state index contributed by atoms with van der Waals surface area (Å²) < 4.78 is 5.53. The Bertz CT molecular complexity index is 351. The molecule has 4 nitrogen and oxygen atoms in total. The third-order valence-electron chi connectivity index (χ3n) is 3.34. The van der Waals surface area contributed by atoms with Gasteiger partial charge in [-0.3, -0.25) is 0 Å². The van der Waals surface area contributed by atoms with Gasteiger partial charge in [-0.1, -0.05) is 19.3 Å². The molecular weight excluding hydrogens is 226 g/mol. The summed E-state index contributed by atoms with van der Waals surface area (Å²) >= 11 is 0. The first-order chi connectivity index (χ1) is 8.83. The summed E-state index contributed by atoms with van der Waals surface area (Å²) in [6.07, 6.45) is 6.36. The highest BCUT2D eigenvalue weighted by atomic mass is 16.5. The number of nitrogens with zero attached hydrogens (tertiary/aromatic N) is 2. The van der Waals surface area contributed by atoms with E-state index in [4.69, 9.17) is 4.74 Å². The van der Waals surface area contributed by atoms with E-state index in [1.807, 2.05) is 13.0 Å². The van der Waals surface area contributed by atoms with Crippen LogP contribution in [0, 0.1) is 0 Å². The summed E-state index contributed by atoms with van der Waals surface area (Å²) in [7, 11) is 0. The van der Waals surface area contributed by atoms with Crippen LogP contribution in [-0.4, -0.2) is 23.1 Å². The van der Waals surface area contributed by atoms with Gasteiger partial charge >= 0.3 is 0 Å². The van der Waals surface area contributed by atoms with Crippen molar-refractivity contribution in [3.05, 3.63) is 11.9 Å². The highest BCUT2D eigenvalue weighted by Gasteiger charge is 2.19. The first-order valence-electron chi connectivity index (χ1n) is 7.09. The summed E-state index contributed by atoms with van der Waals surface area (Å²) in [6.45, 7) is 5.57. The zero-order valence-corrected chi connectivity index (χ0v) is 11.4. The van der Waals surface area contributed by atoms with E-state index in [0.717, 1.165) is 18.2 Å². The molecule has 18 heavy (non-hydrogen) atoms. The number of ether oxygens (including phenoxy) is 1. The van der Waals surface area contributed by atoms with Crippen molar-refractivity contribution in [3.8, 4) is 5.88 Å². The van der Waals surface area contributed by atoms with Gasteiger partial charge in [0.2, 0.25) is 5.88 Å². The van der Waals surface area contributed by atoms with Gasteiger partial charge in [0.05, 0.1) is 6.61 Å². The van der Waals surface area contributed by atoms with Crippen LogP contribution >= 0.6 is 0 Å². The quantitative estimate of drug-likeness (QED) is 0.869. The standard InChI is InChI=1S/C14H23N3O/c1-3-15-12-10-13(18-4-2)17-14(16-12)11-8-6-5-7-9-11/h10-11H,3-9H2,1-2H3,(H,15,16,17). The van der Waals surface area contributed by atoms with Crippen LogP contribution in [0.25, 0.3) is 0 Å². The van der Waals surface area contributed by atoms with Crippen molar-refractivity contribution in [1.82, 2.24) is 9.97 Å². The molecule has 0 bridgehead atoms. The first-order valence-corrected chi connectivity index (χ1v) is 7.09. The van der Waals surface area contributed by atoms with Crippen LogP contribution in [0.2, 0.25) is 0 Å². The predicted molar refractivity (Wildman–Crippen MR) is 73.2 cm³/mol. The number of anilines is 1. The molecule has 4 heteroatoms. The van der Waals surface area contributed by atoms with E-state index in [2.05, 4.69) is 22.2 Å². The zero-order valence-electron chi connectivity index (χ0n) is 11.4. The molecule has 1 aliphatic rings. The van der Waals surface area contributed by atoms with Gasteiger partial charge in [-0.15, -0.1) is 0 Å². The SMILES string of the molecule is CCNc1cc(OCC)nc(C2CCCCC2)n1. The molecule has 1 aromatic rings. The lowest BCUT2D eigenvalue weighted by Crippen LogP contribution is -2.12. The number of hydrogen-bond donors (Lipinski definition) is 1. The number of hydrogen-bond acceptors (Lipinski definition) is 4. The molecule has 1 aromatic heterocycles. The molecule has 1 aliphatic carbocycles. The fourth-order valence-electron chi connectivity index (χ4n) is 2.48. The average Bonchev–Trinajstić information content (AvgIpc) is 2.40. The van der Waals surface area contributed by atoms with Crippen LogP contribution < -0.4 is 10.1 Å². The topological polar surface area (TPSA) is 47.0 Å². The lowest BCUT2D eigenvalue weighted by atomic mass is 9.89. The predicted octanol–water partition coefficient (Wildman–Crippen LogP) is 3.35. The van der Waals surface area contributed by atoms with E-state index in [9.17, 15) is 0 Å². The molecule has 0 aliphatic heterocycles. The molecule has 0 spiro atoms. The molecule has 0 unspecified atom stereocenters. The van der Waals surface area contributed by atoms with E-state index >= 15 is 0 Å². The second-order valence-electron chi connectivity index (χ2n) is 4.75. The molecule has 1 saturated carbocycles. The van der Waals surface area contributed by atoms with Crippen molar-refractivity contribution in [2.45, 2.75) is 51.9 Å². The van der Waals surface area contributed by atoms with Crippen molar-refractivity contribution in [3.63, 3.8) is 0 Å². The van der Waals surface area contributed by atoms with Crippen LogP contribution in [0.1, 0.15) is 57.7 Å². The Kier molecular flexibility index (Phi) is 4.79. The normalized spacial score (nSPS) is 16.6. The van der Waals surface area contributed by atoms with Gasteiger partial charge in [-0.05, 0) is 26.7 Å². The van der Waals surface area contributed by atoms with Crippen LogP contribution in [0.3, 0.4) is 0 Å². The summed E-state index contributed by atoms with van der Waals surface area (Å²) in [5.41, 5.74) is 0. The highest BCUT2D eigenvalue weighted by Crippen LogP contribution is 2.32. The van der Waals surface area contributed by atoms with Gasteiger partial charge in [0, 0.05) is 18.5 Å². The molecule has 0 saturated heterocycles. The van der Waals surface area contributed by atoms with Gasteiger partial charge in [-0.2, -0.15) is 4.98 Å². The second kappa shape index (κ2) is 6.57. The Labute approximate surface area is 109 Å². The fraction of sp³-hybridized carbons (Fsp3) is 0.714. The van der Waals surface area contributed by atoms with Gasteiger partial charge in [0.15, 0.2) is 0 Å². The largest absolute Gasteiger partial charge is 0.478 e. The highest BCUT2D eigenvalue weighted by molar-refractivity contribution is 5.38. The Morgan fingerprint density at radius 2 is 2.00 bits per heavy atom. The van der Waals surface area contributed by atoms with Crippen LogP contribution in [0.4, 0.5) is 5.82 Å². The van der Waals surface area contributed by atoms with E-state index < -0.39 is 0 Å². The third-order valence-corrected chi connectivity index (χ3v) is 3.34. The van der Waals surface area contributed by atoms with E-state index in [-0.39, 0.29) is 0 Å². The first kappa shape index (κ1) is 13.1. The van der Waals surface area contributed by atoms with Gasteiger partial charge in [0.25, 0.3) is 0 Å². The molecule has 2 rings (SSSR count). The molecule has 0 atom stereocenters. The van der Waals surface area contributed by atoms with E-state index in [1.165, 1.54) is 32.1 Å². The van der Waals surface area contributed by atoms with E-state index in [1.54, 1.807) is 0 Å². The maximum absolute atomic E-state index is 5.53. The van der Waals surface area contributed by atoms with Gasteiger partial charge < -0.3 is 10.1 Å². The zero-order chi connectivity index (χ0) is 12.8. The molecule has 1 N–H and O–H groups in total. The van der Waals surface area contributed by atoms with Gasteiger partial charge in [0.1, 0.15) is 11.6 Å². The van der Waals surface area contributed by atoms with Crippen LogP contribution in [0.15, 0.2) is 6.07 Å². The van der Waals surface area contributed by atoms with Crippen LogP contribution in [-0.2, 0) is 0 Å². The monoisotopic (exact) mass is 249 g/mol. The fourth-order valence-corrected chi connectivity index (χ4v) is 2.48. The van der Waals surface area contributed by atoms with E-state index in [0.29, 0.717) is 18.4 Å². The molecule has 1 fully saturated rings. The maximum atomic E-state index is 5.53. The van der Waals surface area contributed by atoms with Crippen molar-refractivity contribution in [2.75, 3.05) is 18.5 Å². The molecular formula is C14H23N3O. The van der Waals surface area contributed by atoms with Crippen molar-refractivity contribution < 1.29 is 4.74 Å². The Balaban J connectivity index is 2.20. The Morgan fingerprint density at radius 1 is 1.22 bits per heavy atom. The van der Waals surface area contributed by atoms with Crippen molar-refractivity contribution in [1.29, 1.82) is 0 Å². The minimum absolute atomic E-state index is 0.511. The van der Waals surface area contributed by atoms with Crippen LogP contribution in [0.5, 0.6) is 5.88 Å². The number of rotatable bonds is 5. The molecule has 0 aromatic carbocycles. The summed E-state index contributed by atoms with van der Waals surface area (Å²) in [5.74, 6) is 3.05. The molecule has 0 amide bonds. The van der Waals surface area contributed by atoms with Gasteiger partial charge in [-0.25, -0.2) is 4.98 Å². The average molecular weight is 249 g/mol. The number of nitrogens with one attached hydrogen (secondary N) is 1. The minimum Gasteiger partial charge on any atom is -0.478 e. The lowest BCUT2D eigenvalue weighted by molar-refractivity contribution is 0.322. The maximum Gasteiger partial charge on any atom is 0.218 e. The summed E-state index contributed by atoms with van der Waals surface area (Å²) in [6, 6.07) is 1.89. The van der Waals surface area contributed by atoms with Crippen molar-refractivity contribution >= 4 is 5.82 Å². The minimum atomic E-state index is 0.511. The second-order valence-corrected chi connectivity index (χ2v) is 4.75. The Morgan fingerprint density at radius 3 is 2.67 bits per heavy atom. The van der Waals surface area contributed by atoms with Crippen molar-refractivity contribution in [2.24, 2.45) is 0 Å². The summed E-state index contributed by atoms with van der Waals surface area (Å²) in [4.78, 5) is 9.18. The third kappa shape index (κ3) is 3.34. The number of aromatic nitrogens is 2. The lowest BCUT2D eigenvalue weighted by Gasteiger charge is -2.21. The molecule has 100 valence electrons. The molecule has 1 heterocycles.